The number of amides is 2. The Labute approximate surface area is 541 Å². The molecule has 96 heavy (non-hydrogen) atoms. The Hall–Kier alpha value is -12.4. The third-order valence-electron chi connectivity index (χ3n) is 13.6. The van der Waals surface area contributed by atoms with Crippen LogP contribution in [0.15, 0.2) is 89.4 Å². The molecule has 0 aliphatic carbocycles. The quantitative estimate of drug-likeness (QED) is 0.0402. The second-order valence-corrected chi connectivity index (χ2v) is 20.4. The van der Waals surface area contributed by atoms with Gasteiger partial charge in [-0.1, -0.05) is 75.4 Å². The van der Waals surface area contributed by atoms with Crippen molar-refractivity contribution in [3.05, 3.63) is 134 Å². The van der Waals surface area contributed by atoms with Gasteiger partial charge in [0, 0.05) is 40.5 Å². The van der Waals surface area contributed by atoms with E-state index in [0.29, 0.717) is 0 Å². The Morgan fingerprint density at radius 2 is 1.04 bits per heavy atom. The number of nitrogens with one attached hydrogen (secondary N) is 7. The number of terminal acetylenes is 3. The van der Waals surface area contributed by atoms with Crippen LogP contribution in [-0.2, 0) is 76.8 Å². The van der Waals surface area contributed by atoms with E-state index in [4.69, 9.17) is 58.2 Å². The number of rotatable bonds is 15. The number of benzene rings is 2. The second-order valence-electron chi connectivity index (χ2n) is 20.4. The normalized spacial score (nSPS) is 18.1. The van der Waals surface area contributed by atoms with Crippen LogP contribution < -0.4 is 50.1 Å². The number of esters is 5. The molecule has 504 valence electrons. The van der Waals surface area contributed by atoms with Gasteiger partial charge in [-0.3, -0.25) is 87.6 Å². The number of anilines is 3. The summed E-state index contributed by atoms with van der Waals surface area (Å²) in [7, 11) is 0. The van der Waals surface area contributed by atoms with Crippen molar-refractivity contribution in [2.45, 2.75) is 125 Å². The Morgan fingerprint density at radius 3 is 1.54 bits per heavy atom. The molecule has 2 fully saturated rings. The monoisotopic (exact) mass is 1330 g/mol. The first-order valence-electron chi connectivity index (χ1n) is 28.3. The van der Waals surface area contributed by atoms with Crippen molar-refractivity contribution in [1.29, 1.82) is 0 Å². The first-order valence-corrected chi connectivity index (χ1v) is 28.3. The maximum Gasteiger partial charge on any atom is 0.338 e. The Balaban J connectivity index is 0.000000237. The van der Waals surface area contributed by atoms with Crippen LogP contribution in [0.3, 0.4) is 0 Å². The largest absolute Gasteiger partial charge is 0.459 e. The van der Waals surface area contributed by atoms with Gasteiger partial charge in [0.25, 0.3) is 16.7 Å². The first-order chi connectivity index (χ1) is 45.2. The van der Waals surface area contributed by atoms with Crippen LogP contribution in [0.25, 0.3) is 33.5 Å². The molecule has 8 heterocycles. The highest BCUT2D eigenvalue weighted by Crippen LogP contribution is 2.36. The number of ether oxygens (including phenoxy) is 7. The van der Waals surface area contributed by atoms with E-state index in [0.717, 1.165) is 31.6 Å². The molecule has 35 heteroatoms. The SMILES string of the molecule is C.C#CCn1c(=O)[nH]c2nc(N)[nH]c(=O)c21.C#CCn1c(=O)[nH]c2nc(NC(C)=O)[nH]c(=O)c21.C#CCn1c(=O)n([C@@H]2O[C@H](COC(=O)c3ccccc3)[C@H](OC(=O)c3ccccc3)[C@H]2OC(C)=O)c2nc(NC(C)=O)[nH]c(=O)c21.CC[C@H]1OC(OC(C)=O)[C@H](OC(C)=O)[C@H]1C. The maximum absolute atomic E-state index is 13.8. The molecule has 0 saturated carbocycles. The number of fused-ring (bicyclic) bond motifs is 3. The lowest BCUT2D eigenvalue weighted by molar-refractivity contribution is -0.194. The van der Waals surface area contributed by atoms with Crippen LogP contribution in [0.5, 0.6) is 0 Å². The molecule has 2 aliphatic heterocycles. The average molecular weight is 1330 g/mol. The number of nitrogens with two attached hydrogens (primary N) is 1. The van der Waals surface area contributed by atoms with Crippen LogP contribution in [0.2, 0.25) is 0 Å². The zero-order chi connectivity index (χ0) is 69.5. The molecule has 0 bridgehead atoms. The first kappa shape index (κ1) is 72.6. The van der Waals surface area contributed by atoms with Gasteiger partial charge < -0.3 is 38.9 Å². The Bertz CT molecular complexity index is 4740. The van der Waals surface area contributed by atoms with Gasteiger partial charge >= 0.3 is 46.9 Å². The average Bonchev–Trinajstić information content (AvgIpc) is 1.59. The number of carbonyl (C=O) groups is 7. The van der Waals surface area contributed by atoms with E-state index in [1.807, 2.05) is 13.8 Å². The van der Waals surface area contributed by atoms with Crippen molar-refractivity contribution >= 4 is 93.0 Å². The number of hydrogen-bond acceptors (Lipinski definition) is 24. The van der Waals surface area contributed by atoms with E-state index in [1.54, 1.807) is 36.4 Å². The summed E-state index contributed by atoms with van der Waals surface area (Å²) in [5, 5.41) is 4.67. The number of hydrogen-bond donors (Lipinski definition) is 8. The minimum atomic E-state index is -1.58. The third-order valence-corrected chi connectivity index (χ3v) is 13.6. The van der Waals surface area contributed by atoms with Crippen LogP contribution in [0.1, 0.15) is 89.3 Å². The lowest BCUT2D eigenvalue weighted by atomic mass is 9.99. The summed E-state index contributed by atoms with van der Waals surface area (Å²) < 4.78 is 42.7. The number of aromatic amines is 5. The second kappa shape index (κ2) is 32.2. The van der Waals surface area contributed by atoms with Crippen LogP contribution in [0, 0.1) is 42.9 Å². The smallest absolute Gasteiger partial charge is 0.338 e. The number of nitrogen functional groups attached to an aromatic ring is 1. The van der Waals surface area contributed by atoms with E-state index in [9.17, 15) is 62.3 Å². The fourth-order valence-electron chi connectivity index (χ4n) is 9.76. The zero-order valence-corrected chi connectivity index (χ0v) is 51.5. The van der Waals surface area contributed by atoms with Gasteiger partial charge in [-0.25, -0.2) is 28.5 Å². The topological polar surface area (TPSA) is 474 Å². The van der Waals surface area contributed by atoms with Crippen molar-refractivity contribution in [2.24, 2.45) is 5.92 Å². The number of H-pyrrole nitrogens is 5. The molecule has 2 saturated heterocycles. The molecule has 0 radical (unpaired) electrons. The molecule has 9 N–H and O–H groups in total. The van der Waals surface area contributed by atoms with Gasteiger partial charge in [0.1, 0.15) is 12.7 Å². The summed E-state index contributed by atoms with van der Waals surface area (Å²) in [5.41, 5.74) is 1.75. The predicted octanol–water partition coefficient (Wildman–Crippen LogP) is 0.911. The number of carbonyl (C=O) groups excluding carboxylic acids is 7. The molecule has 8 aromatic rings. The van der Waals surface area contributed by atoms with E-state index in [1.165, 1.54) is 52.0 Å². The van der Waals surface area contributed by atoms with Crippen molar-refractivity contribution in [3.8, 4) is 37.0 Å². The third kappa shape index (κ3) is 17.2. The van der Waals surface area contributed by atoms with Crippen molar-refractivity contribution in [3.63, 3.8) is 0 Å². The van der Waals surface area contributed by atoms with E-state index in [-0.39, 0.29) is 107 Å². The van der Waals surface area contributed by atoms with Gasteiger partial charge in [-0.15, -0.1) is 19.3 Å². The molecule has 0 spiro atoms. The van der Waals surface area contributed by atoms with Crippen LogP contribution >= 0.6 is 0 Å². The molecule has 10 rings (SSSR count). The minimum Gasteiger partial charge on any atom is -0.459 e. The molecule has 8 atom stereocenters. The predicted molar refractivity (Wildman–Crippen MR) is 340 cm³/mol. The van der Waals surface area contributed by atoms with E-state index >= 15 is 0 Å². The molecule has 2 aliphatic rings. The van der Waals surface area contributed by atoms with Crippen molar-refractivity contribution in [2.75, 3.05) is 23.0 Å². The van der Waals surface area contributed by atoms with Gasteiger partial charge in [-0.2, -0.15) is 15.0 Å². The molecule has 1 unspecified atom stereocenters. The molecular formula is C61H65N15O20. The fourth-order valence-corrected chi connectivity index (χ4v) is 9.76. The van der Waals surface area contributed by atoms with E-state index in [2.05, 4.69) is 68.3 Å². The summed E-state index contributed by atoms with van der Waals surface area (Å²) in [6.45, 7) is 9.19. The summed E-state index contributed by atoms with van der Waals surface area (Å²) in [5.74, 6) is 2.33. The lowest BCUT2D eigenvalue weighted by Gasteiger charge is -2.24. The highest BCUT2D eigenvalue weighted by Gasteiger charge is 2.52. The lowest BCUT2D eigenvalue weighted by Crippen LogP contribution is -2.42. The summed E-state index contributed by atoms with van der Waals surface area (Å²) in [4.78, 5) is 180. The summed E-state index contributed by atoms with van der Waals surface area (Å²) >= 11 is 0. The Morgan fingerprint density at radius 1 is 0.573 bits per heavy atom. The van der Waals surface area contributed by atoms with Gasteiger partial charge in [0.2, 0.25) is 35.9 Å². The number of aromatic nitrogens is 12. The number of nitrogens with zero attached hydrogens (tertiary/aromatic N) is 7. The van der Waals surface area contributed by atoms with Crippen molar-refractivity contribution in [1.82, 2.24) is 58.1 Å². The zero-order valence-electron chi connectivity index (χ0n) is 51.5. The summed E-state index contributed by atoms with van der Waals surface area (Å²) in [6.07, 6.45) is 9.31. The standard InChI is InChI=1S/C31H27N5O10.C11H18O5.C10H9N5O3.C8H7N5O2.CH4/c1-4-15-35-22-25(33-30(32-17(2)37)34-26(22)39)36(31(35)42)27-24(44-18(3)38)23(46-29(41)20-13-9-6-10-14-20)21(45-27)16-43-28(40)19-11-7-5-8-12-19;1-5-9-6(2)10(14-7(3)12)11(16-9)15-8(4)13;1-3-4-15-6-7(13-10(15)18)12-9(11-5(2)16)14-8(6)17;1-2-3-13-4-5(11-8(13)15)10-7(9)12-6(4)14;/h1,5-14,21,23-24,27H,15-16H2,2-3H3,(H2,32,33,34,37,39);6,9-11H,5H2,1-4H3;1H,4H2,2H3,(H3,11,12,13,14,16,17,18);1H,3H2,(H4,9,10,11,12,14,15);1H4/t21-,23+,24-,27-;6-,9+,10+,11?;;;/m10.../s1. The highest BCUT2D eigenvalue weighted by molar-refractivity contribution is 5.91. The van der Waals surface area contributed by atoms with Gasteiger partial charge in [0.15, 0.2) is 58.0 Å². The molecule has 2 amide bonds. The Kier molecular flexibility index (Phi) is 24.4. The highest BCUT2D eigenvalue weighted by atomic mass is 16.7. The fraction of sp³-hybridized carbons (Fsp3) is 0.344. The van der Waals surface area contributed by atoms with Crippen molar-refractivity contribution < 1.29 is 66.7 Å². The van der Waals surface area contributed by atoms with Crippen LogP contribution in [0.4, 0.5) is 17.8 Å². The molecule has 6 aromatic heterocycles. The molecular weight excluding hydrogens is 1260 g/mol. The van der Waals surface area contributed by atoms with Gasteiger partial charge in [0.05, 0.1) is 36.9 Å². The summed E-state index contributed by atoms with van der Waals surface area (Å²) in [6, 6.07) is 16.0. The minimum absolute atomic E-state index is 0. The van der Waals surface area contributed by atoms with Gasteiger partial charge in [-0.05, 0) is 30.7 Å². The van der Waals surface area contributed by atoms with E-state index < -0.39 is 113 Å². The number of imidazole rings is 3. The molecule has 35 nitrogen and oxygen atoms in total. The van der Waals surface area contributed by atoms with Crippen LogP contribution in [-0.4, -0.2) is 143 Å². The molecule has 2 aromatic carbocycles. The maximum atomic E-state index is 13.8.